The minimum atomic E-state index is -0.377. The highest BCUT2D eigenvalue weighted by atomic mass is 35.5. The number of carbonyl (C=O) groups excluding carboxylic acids is 1. The fraction of sp³-hybridized carbons (Fsp3) is 0.909. The molecule has 0 aromatic carbocycles. The Kier molecular flexibility index (Phi) is 9.68. The molecule has 1 aliphatic heterocycles. The van der Waals surface area contributed by atoms with Crippen molar-refractivity contribution in [2.24, 2.45) is 0 Å². The minimum absolute atomic E-state index is 0.377. The zero-order valence-electron chi connectivity index (χ0n) is 10.5. The van der Waals surface area contributed by atoms with E-state index in [1.807, 2.05) is 0 Å². The highest BCUT2D eigenvalue weighted by Crippen LogP contribution is 2.00. The van der Waals surface area contributed by atoms with Gasteiger partial charge < -0.3 is 14.5 Å². The fourth-order valence-corrected chi connectivity index (χ4v) is 1.58. The number of carbonyl (C=O) groups is 1. The number of hydrogen-bond acceptors (Lipinski definition) is 3. The molecule has 1 heterocycles. The lowest BCUT2D eigenvalue weighted by atomic mass is 10.5. The normalized spacial score (nSPS) is 15.7. The smallest absolute Gasteiger partial charge is 0.316 e. The standard InChI is InChI=1S/C6H15N.C5H8ClNO2/c1-4-7(5-2)6-3;6-5(8)7-1-3-9-4-2-7/h4-6H2,1-3H3;1-4H2. The summed E-state index contributed by atoms with van der Waals surface area (Å²) >= 11 is 5.19. The van der Waals surface area contributed by atoms with Crippen LogP contribution in [0.25, 0.3) is 0 Å². The molecule has 0 aromatic heterocycles. The molecule has 0 N–H and O–H groups in total. The van der Waals surface area contributed by atoms with E-state index in [-0.39, 0.29) is 5.37 Å². The summed E-state index contributed by atoms with van der Waals surface area (Å²) in [7, 11) is 0. The predicted octanol–water partition coefficient (Wildman–Crippen LogP) is 2.03. The zero-order valence-corrected chi connectivity index (χ0v) is 11.3. The van der Waals surface area contributed by atoms with E-state index in [1.54, 1.807) is 4.90 Å². The van der Waals surface area contributed by atoms with Gasteiger partial charge in [0.25, 0.3) is 0 Å². The first-order valence-corrected chi connectivity index (χ1v) is 6.27. The topological polar surface area (TPSA) is 32.8 Å². The summed E-state index contributed by atoms with van der Waals surface area (Å²) in [5.41, 5.74) is 0. The molecule has 16 heavy (non-hydrogen) atoms. The Morgan fingerprint density at radius 3 is 1.81 bits per heavy atom. The predicted molar refractivity (Wildman–Crippen MR) is 67.1 cm³/mol. The second-order valence-electron chi connectivity index (χ2n) is 3.47. The van der Waals surface area contributed by atoms with E-state index in [1.165, 1.54) is 19.6 Å². The van der Waals surface area contributed by atoms with Gasteiger partial charge in [-0.15, -0.1) is 0 Å². The molecule has 0 aliphatic carbocycles. The summed E-state index contributed by atoms with van der Waals surface area (Å²) < 4.78 is 5.00. The summed E-state index contributed by atoms with van der Waals surface area (Å²) in [6, 6.07) is 0. The van der Waals surface area contributed by atoms with Crippen molar-refractivity contribution in [2.45, 2.75) is 20.8 Å². The van der Waals surface area contributed by atoms with Gasteiger partial charge in [-0.1, -0.05) is 20.8 Å². The van der Waals surface area contributed by atoms with E-state index in [4.69, 9.17) is 16.3 Å². The first-order chi connectivity index (χ1) is 7.65. The van der Waals surface area contributed by atoms with Gasteiger partial charge in [0.2, 0.25) is 0 Å². The van der Waals surface area contributed by atoms with Gasteiger partial charge in [0.1, 0.15) is 0 Å². The van der Waals surface area contributed by atoms with Gasteiger partial charge in [0.15, 0.2) is 0 Å². The van der Waals surface area contributed by atoms with Crippen molar-refractivity contribution in [1.29, 1.82) is 0 Å². The number of halogens is 1. The van der Waals surface area contributed by atoms with Gasteiger partial charge in [-0.2, -0.15) is 0 Å². The van der Waals surface area contributed by atoms with Crippen molar-refractivity contribution >= 4 is 17.0 Å². The molecule has 0 bridgehead atoms. The van der Waals surface area contributed by atoms with Crippen LogP contribution in [0.15, 0.2) is 0 Å². The van der Waals surface area contributed by atoms with Crippen molar-refractivity contribution in [2.75, 3.05) is 45.9 Å². The molecule has 1 rings (SSSR count). The third kappa shape index (κ3) is 7.04. The number of ether oxygens (including phenoxy) is 1. The maximum absolute atomic E-state index is 10.4. The Morgan fingerprint density at radius 2 is 1.62 bits per heavy atom. The lowest BCUT2D eigenvalue weighted by molar-refractivity contribution is 0.0589. The monoisotopic (exact) mass is 250 g/mol. The average Bonchev–Trinajstić information content (AvgIpc) is 2.33. The molecule has 1 fully saturated rings. The van der Waals surface area contributed by atoms with Crippen LogP contribution < -0.4 is 0 Å². The molecule has 0 aromatic rings. The van der Waals surface area contributed by atoms with Gasteiger partial charge in [-0.3, -0.25) is 4.79 Å². The highest BCUT2D eigenvalue weighted by Gasteiger charge is 2.13. The molecule has 0 spiro atoms. The van der Waals surface area contributed by atoms with E-state index in [9.17, 15) is 4.79 Å². The maximum atomic E-state index is 10.4. The molecule has 1 aliphatic rings. The van der Waals surface area contributed by atoms with Gasteiger partial charge in [-0.05, 0) is 31.2 Å². The van der Waals surface area contributed by atoms with E-state index >= 15 is 0 Å². The number of amides is 1. The Labute approximate surface area is 103 Å². The second kappa shape index (κ2) is 9.87. The Balaban J connectivity index is 0.000000293. The summed E-state index contributed by atoms with van der Waals surface area (Å²) in [6.07, 6.45) is 0. The largest absolute Gasteiger partial charge is 0.378 e. The van der Waals surface area contributed by atoms with Crippen LogP contribution in [-0.2, 0) is 4.74 Å². The molecule has 0 atom stereocenters. The number of hydrogen-bond donors (Lipinski definition) is 0. The van der Waals surface area contributed by atoms with Gasteiger partial charge in [0.05, 0.1) is 13.2 Å². The van der Waals surface area contributed by atoms with Crippen LogP contribution in [0.2, 0.25) is 0 Å². The van der Waals surface area contributed by atoms with Gasteiger partial charge in [0, 0.05) is 13.1 Å². The van der Waals surface area contributed by atoms with Crippen LogP contribution in [0, 0.1) is 0 Å². The van der Waals surface area contributed by atoms with Crippen molar-refractivity contribution in [3.8, 4) is 0 Å². The van der Waals surface area contributed by atoms with E-state index in [0.717, 1.165) is 0 Å². The molecule has 0 radical (unpaired) electrons. The van der Waals surface area contributed by atoms with E-state index in [0.29, 0.717) is 26.3 Å². The molecule has 5 heteroatoms. The quantitative estimate of drug-likeness (QED) is 0.568. The third-order valence-electron chi connectivity index (χ3n) is 2.60. The van der Waals surface area contributed by atoms with Crippen LogP contribution in [-0.4, -0.2) is 61.1 Å². The maximum Gasteiger partial charge on any atom is 0.316 e. The molecular formula is C11H23ClN2O2. The molecule has 0 unspecified atom stereocenters. The zero-order chi connectivity index (χ0) is 12.4. The van der Waals surface area contributed by atoms with E-state index < -0.39 is 0 Å². The average molecular weight is 251 g/mol. The van der Waals surface area contributed by atoms with Crippen molar-refractivity contribution in [3.05, 3.63) is 0 Å². The first-order valence-electron chi connectivity index (χ1n) is 5.90. The molecule has 96 valence electrons. The first kappa shape index (κ1) is 15.7. The number of nitrogens with zero attached hydrogens (tertiary/aromatic N) is 2. The van der Waals surface area contributed by atoms with Crippen LogP contribution in [0.4, 0.5) is 4.79 Å². The molecule has 4 nitrogen and oxygen atoms in total. The lowest BCUT2D eigenvalue weighted by Gasteiger charge is -2.23. The van der Waals surface area contributed by atoms with Crippen LogP contribution in [0.1, 0.15) is 20.8 Å². The lowest BCUT2D eigenvalue weighted by Crippen LogP contribution is -2.37. The Bertz CT molecular complexity index is 175. The fourth-order valence-electron chi connectivity index (χ4n) is 1.41. The van der Waals surface area contributed by atoms with Gasteiger partial charge >= 0.3 is 5.37 Å². The van der Waals surface area contributed by atoms with Crippen LogP contribution >= 0.6 is 11.6 Å². The van der Waals surface area contributed by atoms with Crippen molar-refractivity contribution in [1.82, 2.24) is 9.80 Å². The third-order valence-corrected chi connectivity index (χ3v) is 2.84. The highest BCUT2D eigenvalue weighted by molar-refractivity contribution is 6.62. The summed E-state index contributed by atoms with van der Waals surface area (Å²) in [5, 5.41) is -0.377. The van der Waals surface area contributed by atoms with Gasteiger partial charge in [-0.25, -0.2) is 0 Å². The van der Waals surface area contributed by atoms with Crippen molar-refractivity contribution < 1.29 is 9.53 Å². The minimum Gasteiger partial charge on any atom is -0.378 e. The molecule has 0 saturated carbocycles. The number of rotatable bonds is 3. The van der Waals surface area contributed by atoms with Crippen molar-refractivity contribution in [3.63, 3.8) is 0 Å². The molecular weight excluding hydrogens is 228 g/mol. The van der Waals surface area contributed by atoms with E-state index in [2.05, 4.69) is 25.7 Å². The summed E-state index contributed by atoms with van der Waals surface area (Å²) in [6.45, 7) is 12.6. The van der Waals surface area contributed by atoms with Crippen LogP contribution in [0.5, 0.6) is 0 Å². The van der Waals surface area contributed by atoms with Crippen LogP contribution in [0.3, 0.4) is 0 Å². The SMILES string of the molecule is CCN(CC)CC.O=C(Cl)N1CCOCC1. The summed E-state index contributed by atoms with van der Waals surface area (Å²) in [4.78, 5) is 14.4. The molecule has 1 amide bonds. The second-order valence-corrected chi connectivity index (χ2v) is 3.80. The Hall–Kier alpha value is -0.320. The molecule has 1 saturated heterocycles. The number of morpholine rings is 1. The summed E-state index contributed by atoms with van der Waals surface area (Å²) in [5.74, 6) is 0. The Morgan fingerprint density at radius 1 is 1.19 bits per heavy atom.